The maximum absolute atomic E-state index is 11.9. The Balaban J connectivity index is 2.04. The Morgan fingerprint density at radius 1 is 1.21 bits per heavy atom. The van der Waals surface area contributed by atoms with Crippen molar-refractivity contribution in [2.24, 2.45) is 0 Å². The second-order valence-electron chi connectivity index (χ2n) is 4.20. The Labute approximate surface area is 125 Å². The summed E-state index contributed by atoms with van der Waals surface area (Å²) in [6.07, 6.45) is 0. The number of carbonyl (C=O) groups excluding carboxylic acids is 1. The summed E-state index contributed by atoms with van der Waals surface area (Å²) in [5.74, 6) is 0.500. The van der Waals surface area contributed by atoms with Crippen molar-refractivity contribution in [3.63, 3.8) is 0 Å². The van der Waals surface area contributed by atoms with Crippen molar-refractivity contribution in [3.05, 3.63) is 49.6 Å². The lowest BCUT2D eigenvalue weighted by Gasteiger charge is -2.07. The predicted octanol–water partition coefficient (Wildman–Crippen LogP) is 4.93. The van der Waals surface area contributed by atoms with Crippen LogP contribution >= 0.6 is 34.5 Å². The molecule has 100 valence electrons. The zero-order chi connectivity index (χ0) is 14.0. The number of ether oxygens (including phenoxy) is 1. The van der Waals surface area contributed by atoms with Gasteiger partial charge in [0, 0.05) is 0 Å². The summed E-state index contributed by atoms with van der Waals surface area (Å²) >= 11 is 12.9. The van der Waals surface area contributed by atoms with Crippen LogP contribution in [0.2, 0.25) is 8.67 Å². The summed E-state index contributed by atoms with van der Waals surface area (Å²) in [5.41, 5.74) is 2.73. The molecule has 2 rings (SSSR count). The second-order valence-corrected chi connectivity index (χ2v) is 6.48. The van der Waals surface area contributed by atoms with Crippen LogP contribution in [0.4, 0.5) is 0 Å². The van der Waals surface area contributed by atoms with E-state index in [4.69, 9.17) is 27.9 Å². The molecular weight excluding hydrogens is 303 g/mol. The fraction of sp³-hybridized carbons (Fsp3) is 0.214. The van der Waals surface area contributed by atoms with Crippen LogP contribution in [0.15, 0.2) is 24.3 Å². The zero-order valence-corrected chi connectivity index (χ0v) is 12.8. The van der Waals surface area contributed by atoms with Crippen molar-refractivity contribution >= 4 is 40.3 Å². The van der Waals surface area contributed by atoms with E-state index in [0.717, 1.165) is 5.56 Å². The molecular formula is C14H12Cl2O2S. The number of Topliss-reactive ketones (excluding diaryl/α,β-unsaturated/α-hetero) is 1. The van der Waals surface area contributed by atoms with E-state index in [1.807, 2.05) is 32.0 Å². The number of hydrogen-bond donors (Lipinski definition) is 0. The monoisotopic (exact) mass is 314 g/mol. The third kappa shape index (κ3) is 3.50. The summed E-state index contributed by atoms with van der Waals surface area (Å²) in [4.78, 5) is 11.9. The van der Waals surface area contributed by atoms with Crippen LogP contribution in [0, 0.1) is 13.8 Å². The first-order valence-corrected chi connectivity index (χ1v) is 7.22. The van der Waals surface area contributed by atoms with Crippen LogP contribution in [-0.4, -0.2) is 12.4 Å². The second kappa shape index (κ2) is 5.95. The van der Waals surface area contributed by atoms with Gasteiger partial charge in [-0.2, -0.15) is 0 Å². The fourth-order valence-electron chi connectivity index (χ4n) is 1.56. The van der Waals surface area contributed by atoms with Crippen LogP contribution in [0.5, 0.6) is 5.75 Å². The molecule has 0 saturated carbocycles. The van der Waals surface area contributed by atoms with Gasteiger partial charge in [-0.15, -0.1) is 11.3 Å². The van der Waals surface area contributed by atoms with Crippen LogP contribution < -0.4 is 4.74 Å². The van der Waals surface area contributed by atoms with Gasteiger partial charge in [-0.1, -0.05) is 29.3 Å². The van der Waals surface area contributed by atoms with Crippen LogP contribution in [0.1, 0.15) is 21.5 Å². The van der Waals surface area contributed by atoms with E-state index in [2.05, 4.69) is 0 Å². The summed E-state index contributed by atoms with van der Waals surface area (Å²) in [5, 5.41) is 0. The molecule has 0 atom stereocenters. The number of benzene rings is 1. The first-order valence-electron chi connectivity index (χ1n) is 5.65. The fourth-order valence-corrected chi connectivity index (χ4v) is 3.06. The number of thiophene rings is 1. The highest BCUT2D eigenvalue weighted by molar-refractivity contribution is 7.20. The molecule has 0 amide bonds. The lowest BCUT2D eigenvalue weighted by molar-refractivity contribution is 0.0922. The van der Waals surface area contributed by atoms with Crippen molar-refractivity contribution in [3.8, 4) is 5.75 Å². The number of ketones is 1. The molecule has 1 heterocycles. The average Bonchev–Trinajstić information content (AvgIpc) is 2.70. The van der Waals surface area contributed by atoms with Gasteiger partial charge in [0.25, 0.3) is 0 Å². The molecule has 0 fully saturated rings. The van der Waals surface area contributed by atoms with Crippen LogP contribution in [0.3, 0.4) is 0 Å². The predicted molar refractivity (Wildman–Crippen MR) is 80.1 cm³/mol. The number of carbonyl (C=O) groups is 1. The molecule has 1 aromatic heterocycles. The molecule has 2 aromatic rings. The van der Waals surface area contributed by atoms with E-state index in [0.29, 0.717) is 20.0 Å². The lowest BCUT2D eigenvalue weighted by atomic mass is 10.1. The van der Waals surface area contributed by atoms with E-state index in [1.54, 1.807) is 6.07 Å². The minimum Gasteiger partial charge on any atom is -0.485 e. The normalized spacial score (nSPS) is 10.5. The number of aryl methyl sites for hydroxylation is 2. The van der Waals surface area contributed by atoms with Gasteiger partial charge in [0.05, 0.1) is 9.90 Å². The van der Waals surface area contributed by atoms with Crippen LogP contribution in [0.25, 0.3) is 0 Å². The van der Waals surface area contributed by atoms with Gasteiger partial charge < -0.3 is 4.74 Å². The Bertz CT molecular complexity index is 620. The van der Waals surface area contributed by atoms with Gasteiger partial charge in [0.1, 0.15) is 10.1 Å². The largest absolute Gasteiger partial charge is 0.485 e. The third-order valence-corrected chi connectivity index (χ3v) is 4.29. The summed E-state index contributed by atoms with van der Waals surface area (Å²) < 4.78 is 6.38. The van der Waals surface area contributed by atoms with Gasteiger partial charge in [-0.25, -0.2) is 0 Å². The van der Waals surface area contributed by atoms with Crippen molar-refractivity contribution in [1.29, 1.82) is 0 Å². The van der Waals surface area contributed by atoms with Gasteiger partial charge in [0.15, 0.2) is 6.61 Å². The standard InChI is InChI=1S/C14H12Cl2O2S/c1-8-3-4-10(5-9(8)2)18-7-12(17)11-6-13(15)19-14(11)16/h3-6H,7H2,1-2H3. The molecule has 0 N–H and O–H groups in total. The Morgan fingerprint density at radius 3 is 2.53 bits per heavy atom. The van der Waals surface area contributed by atoms with Gasteiger partial charge in [-0.3, -0.25) is 4.79 Å². The van der Waals surface area contributed by atoms with Crippen molar-refractivity contribution in [2.45, 2.75) is 13.8 Å². The molecule has 0 aliphatic rings. The molecule has 2 nitrogen and oxygen atoms in total. The highest BCUT2D eigenvalue weighted by Crippen LogP contribution is 2.31. The minimum absolute atomic E-state index is 0.0463. The maximum Gasteiger partial charge on any atom is 0.202 e. The smallest absolute Gasteiger partial charge is 0.202 e. The maximum atomic E-state index is 11.9. The molecule has 0 radical (unpaired) electrons. The minimum atomic E-state index is -0.175. The van der Waals surface area contributed by atoms with E-state index < -0.39 is 0 Å². The molecule has 0 spiro atoms. The molecule has 5 heteroatoms. The Hall–Kier alpha value is -1.03. The molecule has 0 unspecified atom stereocenters. The highest BCUT2D eigenvalue weighted by Gasteiger charge is 2.14. The number of hydrogen-bond acceptors (Lipinski definition) is 3. The summed E-state index contributed by atoms with van der Waals surface area (Å²) in [6, 6.07) is 7.28. The molecule has 0 aliphatic heterocycles. The van der Waals surface area contributed by atoms with E-state index >= 15 is 0 Å². The van der Waals surface area contributed by atoms with Crippen molar-refractivity contribution < 1.29 is 9.53 Å². The van der Waals surface area contributed by atoms with Crippen LogP contribution in [-0.2, 0) is 0 Å². The SMILES string of the molecule is Cc1ccc(OCC(=O)c2cc(Cl)sc2Cl)cc1C. The third-order valence-electron chi connectivity index (χ3n) is 2.81. The Kier molecular flexibility index (Phi) is 4.50. The van der Waals surface area contributed by atoms with Crippen molar-refractivity contribution in [1.82, 2.24) is 0 Å². The van der Waals surface area contributed by atoms with Gasteiger partial charge in [-0.05, 0) is 43.2 Å². The summed E-state index contributed by atoms with van der Waals surface area (Å²) in [6.45, 7) is 3.98. The van der Waals surface area contributed by atoms with Gasteiger partial charge in [0.2, 0.25) is 5.78 Å². The molecule has 19 heavy (non-hydrogen) atoms. The Morgan fingerprint density at radius 2 is 1.95 bits per heavy atom. The molecule has 0 saturated heterocycles. The quantitative estimate of drug-likeness (QED) is 0.748. The highest BCUT2D eigenvalue weighted by atomic mass is 35.5. The van der Waals surface area contributed by atoms with E-state index in [9.17, 15) is 4.79 Å². The molecule has 1 aromatic carbocycles. The molecule has 0 aliphatic carbocycles. The number of rotatable bonds is 4. The van der Waals surface area contributed by atoms with Crippen molar-refractivity contribution in [2.75, 3.05) is 6.61 Å². The van der Waals surface area contributed by atoms with E-state index in [1.165, 1.54) is 16.9 Å². The number of halogens is 2. The average molecular weight is 315 g/mol. The first-order chi connectivity index (χ1) is 8.97. The topological polar surface area (TPSA) is 26.3 Å². The summed E-state index contributed by atoms with van der Waals surface area (Å²) in [7, 11) is 0. The molecule has 0 bridgehead atoms. The first kappa shape index (κ1) is 14.4. The lowest BCUT2D eigenvalue weighted by Crippen LogP contribution is -2.11. The zero-order valence-electron chi connectivity index (χ0n) is 10.5. The van der Waals surface area contributed by atoms with E-state index in [-0.39, 0.29) is 12.4 Å². The van der Waals surface area contributed by atoms with Gasteiger partial charge >= 0.3 is 0 Å².